The summed E-state index contributed by atoms with van der Waals surface area (Å²) in [5.74, 6) is 4.37. The van der Waals surface area contributed by atoms with Gasteiger partial charge in [-0.05, 0) is 76.2 Å². The number of aryl methyl sites for hydroxylation is 2. The standard InChI is InChI=1S/C25H37N5O2/c1-4-26-25(27-11-7-20-5-6-23-22(15-20)10-14-31-23)28-16-21-8-12-30(13-9-21)17-24-29-18(2)19(3)32-24/h5-6,15,21H,4,7-14,16-17H2,1-3H3,(H2,26,27,28). The van der Waals surface area contributed by atoms with E-state index in [0.29, 0.717) is 5.92 Å². The first-order valence-corrected chi connectivity index (χ1v) is 12.0. The minimum absolute atomic E-state index is 0.631. The minimum atomic E-state index is 0.631. The van der Waals surface area contributed by atoms with Gasteiger partial charge in [0.05, 0.1) is 18.8 Å². The second-order valence-electron chi connectivity index (χ2n) is 8.91. The lowest BCUT2D eigenvalue weighted by atomic mass is 9.97. The average Bonchev–Trinajstić information content (AvgIpc) is 3.38. The van der Waals surface area contributed by atoms with Crippen LogP contribution in [0.25, 0.3) is 0 Å². The summed E-state index contributed by atoms with van der Waals surface area (Å²) in [6, 6.07) is 6.56. The van der Waals surface area contributed by atoms with Gasteiger partial charge in [-0.25, -0.2) is 4.98 Å². The molecular formula is C25H37N5O2. The minimum Gasteiger partial charge on any atom is -0.493 e. The van der Waals surface area contributed by atoms with E-state index in [4.69, 9.17) is 14.1 Å². The van der Waals surface area contributed by atoms with Crippen LogP contribution in [0.2, 0.25) is 0 Å². The van der Waals surface area contributed by atoms with Crippen molar-refractivity contribution in [1.29, 1.82) is 0 Å². The van der Waals surface area contributed by atoms with Crippen molar-refractivity contribution in [3.8, 4) is 5.75 Å². The van der Waals surface area contributed by atoms with Crippen molar-refractivity contribution in [1.82, 2.24) is 20.5 Å². The zero-order valence-electron chi connectivity index (χ0n) is 19.7. The number of aromatic nitrogens is 1. The monoisotopic (exact) mass is 439 g/mol. The molecule has 1 aromatic heterocycles. The fraction of sp³-hybridized carbons (Fsp3) is 0.600. The van der Waals surface area contributed by atoms with E-state index < -0.39 is 0 Å². The third-order valence-electron chi connectivity index (χ3n) is 6.45. The second-order valence-corrected chi connectivity index (χ2v) is 8.91. The van der Waals surface area contributed by atoms with Crippen molar-refractivity contribution in [3.63, 3.8) is 0 Å². The average molecular weight is 440 g/mol. The Bertz CT molecular complexity index is 896. The first-order valence-electron chi connectivity index (χ1n) is 12.0. The molecule has 1 fully saturated rings. The highest BCUT2D eigenvalue weighted by molar-refractivity contribution is 5.79. The maximum Gasteiger partial charge on any atom is 0.208 e. The van der Waals surface area contributed by atoms with E-state index in [0.717, 1.165) is 87.8 Å². The van der Waals surface area contributed by atoms with Gasteiger partial charge in [-0.1, -0.05) is 12.1 Å². The van der Waals surface area contributed by atoms with Crippen LogP contribution in [-0.4, -0.2) is 55.2 Å². The molecule has 32 heavy (non-hydrogen) atoms. The molecule has 0 amide bonds. The van der Waals surface area contributed by atoms with Crippen LogP contribution in [0.5, 0.6) is 5.75 Å². The lowest BCUT2D eigenvalue weighted by Gasteiger charge is -2.30. The summed E-state index contributed by atoms with van der Waals surface area (Å²) in [4.78, 5) is 11.8. The van der Waals surface area contributed by atoms with E-state index in [1.165, 1.54) is 24.0 Å². The van der Waals surface area contributed by atoms with Gasteiger partial charge in [0, 0.05) is 26.1 Å². The van der Waals surface area contributed by atoms with Gasteiger partial charge in [0.15, 0.2) is 5.96 Å². The molecule has 2 aliphatic heterocycles. The summed E-state index contributed by atoms with van der Waals surface area (Å²) in [7, 11) is 0. The smallest absolute Gasteiger partial charge is 0.208 e. The van der Waals surface area contributed by atoms with Crippen LogP contribution in [0.3, 0.4) is 0 Å². The first-order chi connectivity index (χ1) is 15.6. The Labute approximate surface area is 191 Å². The Balaban J connectivity index is 1.20. The van der Waals surface area contributed by atoms with Gasteiger partial charge in [-0.15, -0.1) is 0 Å². The van der Waals surface area contributed by atoms with Crippen LogP contribution in [-0.2, 0) is 19.4 Å². The van der Waals surface area contributed by atoms with Gasteiger partial charge in [-0.3, -0.25) is 9.89 Å². The van der Waals surface area contributed by atoms with Crippen LogP contribution in [0.1, 0.15) is 48.2 Å². The number of fused-ring (bicyclic) bond motifs is 1. The van der Waals surface area contributed by atoms with E-state index in [-0.39, 0.29) is 0 Å². The van der Waals surface area contributed by atoms with Gasteiger partial charge in [0.1, 0.15) is 11.5 Å². The predicted molar refractivity (Wildman–Crippen MR) is 127 cm³/mol. The molecule has 1 aromatic carbocycles. The number of hydrogen-bond acceptors (Lipinski definition) is 5. The van der Waals surface area contributed by atoms with Crippen LogP contribution in [0, 0.1) is 19.8 Å². The van der Waals surface area contributed by atoms with E-state index in [9.17, 15) is 0 Å². The van der Waals surface area contributed by atoms with Gasteiger partial charge in [0.25, 0.3) is 0 Å². The fourth-order valence-corrected chi connectivity index (χ4v) is 4.41. The Morgan fingerprint density at radius 3 is 2.81 bits per heavy atom. The third-order valence-corrected chi connectivity index (χ3v) is 6.45. The Morgan fingerprint density at radius 2 is 2.06 bits per heavy atom. The van der Waals surface area contributed by atoms with Crippen molar-refractivity contribution >= 4 is 5.96 Å². The molecule has 0 bridgehead atoms. The number of benzene rings is 1. The van der Waals surface area contributed by atoms with E-state index in [1.807, 2.05) is 13.8 Å². The van der Waals surface area contributed by atoms with Crippen LogP contribution in [0.15, 0.2) is 27.6 Å². The van der Waals surface area contributed by atoms with Gasteiger partial charge in [0.2, 0.25) is 5.89 Å². The molecule has 0 unspecified atom stereocenters. The summed E-state index contributed by atoms with van der Waals surface area (Å²) >= 11 is 0. The number of ether oxygens (including phenoxy) is 1. The maximum atomic E-state index is 5.74. The van der Waals surface area contributed by atoms with Crippen LogP contribution >= 0.6 is 0 Å². The number of guanidine groups is 1. The highest BCUT2D eigenvalue weighted by Crippen LogP contribution is 2.26. The number of rotatable bonds is 8. The molecule has 0 radical (unpaired) electrons. The van der Waals surface area contributed by atoms with Gasteiger partial charge in [-0.2, -0.15) is 0 Å². The summed E-state index contributed by atoms with van der Waals surface area (Å²) in [5.41, 5.74) is 3.68. The first kappa shape index (κ1) is 22.6. The number of aliphatic imine (C=N–C) groups is 1. The number of likely N-dealkylation sites (tertiary alicyclic amines) is 1. The SMILES string of the molecule is CCNC(=NCC1CCN(Cc2nc(C)c(C)o2)CC1)NCCc1ccc2c(c1)CCO2. The van der Waals surface area contributed by atoms with Crippen molar-refractivity contribution in [3.05, 3.63) is 46.7 Å². The lowest BCUT2D eigenvalue weighted by Crippen LogP contribution is -2.39. The zero-order chi connectivity index (χ0) is 22.3. The quantitative estimate of drug-likeness (QED) is 0.486. The van der Waals surface area contributed by atoms with Crippen molar-refractivity contribution in [2.75, 3.05) is 39.3 Å². The van der Waals surface area contributed by atoms with Crippen LogP contribution in [0.4, 0.5) is 0 Å². The maximum absolute atomic E-state index is 5.74. The molecule has 2 aromatic rings. The fourth-order valence-electron chi connectivity index (χ4n) is 4.41. The molecule has 2 N–H and O–H groups in total. The molecular weight excluding hydrogens is 402 g/mol. The number of piperidine rings is 1. The second kappa shape index (κ2) is 10.9. The van der Waals surface area contributed by atoms with Crippen molar-refractivity contribution in [2.45, 2.75) is 53.0 Å². The molecule has 7 heteroatoms. The summed E-state index contributed by atoms with van der Waals surface area (Å²) < 4.78 is 11.3. The molecule has 0 aliphatic carbocycles. The molecule has 1 saturated heterocycles. The van der Waals surface area contributed by atoms with Crippen LogP contribution < -0.4 is 15.4 Å². The number of hydrogen-bond donors (Lipinski definition) is 2. The highest BCUT2D eigenvalue weighted by Gasteiger charge is 2.21. The molecule has 0 atom stereocenters. The number of nitrogens with one attached hydrogen (secondary N) is 2. The van der Waals surface area contributed by atoms with Gasteiger partial charge < -0.3 is 19.8 Å². The van der Waals surface area contributed by atoms with E-state index in [1.54, 1.807) is 0 Å². The normalized spacial score (nSPS) is 17.3. The Morgan fingerprint density at radius 1 is 1.22 bits per heavy atom. The summed E-state index contributed by atoms with van der Waals surface area (Å²) in [6.07, 6.45) is 4.34. The lowest BCUT2D eigenvalue weighted by molar-refractivity contribution is 0.166. The van der Waals surface area contributed by atoms with Crippen molar-refractivity contribution in [2.24, 2.45) is 10.9 Å². The molecule has 4 rings (SSSR count). The molecule has 174 valence electrons. The topological polar surface area (TPSA) is 74.9 Å². The molecule has 0 spiro atoms. The molecule has 3 heterocycles. The largest absolute Gasteiger partial charge is 0.493 e. The number of nitrogens with zero attached hydrogens (tertiary/aromatic N) is 3. The van der Waals surface area contributed by atoms with E-state index >= 15 is 0 Å². The third kappa shape index (κ3) is 6.03. The molecule has 0 saturated carbocycles. The zero-order valence-corrected chi connectivity index (χ0v) is 19.7. The number of oxazole rings is 1. The van der Waals surface area contributed by atoms with Gasteiger partial charge >= 0.3 is 0 Å². The highest BCUT2D eigenvalue weighted by atomic mass is 16.5. The Hall–Kier alpha value is -2.54. The predicted octanol–water partition coefficient (Wildman–Crippen LogP) is 3.24. The summed E-state index contributed by atoms with van der Waals surface area (Å²) in [6.45, 7) is 12.5. The Kier molecular flexibility index (Phi) is 7.68. The summed E-state index contributed by atoms with van der Waals surface area (Å²) in [5, 5.41) is 6.89. The van der Waals surface area contributed by atoms with E-state index in [2.05, 4.69) is 45.6 Å². The molecule has 7 nitrogen and oxygen atoms in total. The van der Waals surface area contributed by atoms with Crippen molar-refractivity contribution < 1.29 is 9.15 Å². The molecule has 2 aliphatic rings.